The first-order chi connectivity index (χ1) is 10.4. The van der Waals surface area contributed by atoms with Crippen LogP contribution in [0.15, 0.2) is 23.0 Å². The fourth-order valence-corrected chi connectivity index (χ4v) is 2.96. The summed E-state index contributed by atoms with van der Waals surface area (Å²) in [7, 11) is 3.42. The Balaban J connectivity index is 1.89. The van der Waals surface area contributed by atoms with Crippen molar-refractivity contribution >= 4 is 22.9 Å². The van der Waals surface area contributed by atoms with Gasteiger partial charge in [0.1, 0.15) is 0 Å². The predicted molar refractivity (Wildman–Crippen MR) is 79.3 cm³/mol. The van der Waals surface area contributed by atoms with E-state index in [-0.39, 0.29) is 24.6 Å². The SMILES string of the molecule is Cn1c(=O)n(C)c2cc(CN3C[C@H](C(=O)O)CC3=O)ccc21. The molecule has 0 unspecified atom stereocenters. The zero-order chi connectivity index (χ0) is 16.0. The number of aliphatic carboxylic acids is 1. The third-order valence-corrected chi connectivity index (χ3v) is 4.27. The lowest BCUT2D eigenvalue weighted by molar-refractivity contribution is -0.141. The van der Waals surface area contributed by atoms with Crippen LogP contribution in [-0.2, 0) is 30.2 Å². The fourth-order valence-electron chi connectivity index (χ4n) is 2.96. The summed E-state index contributed by atoms with van der Waals surface area (Å²) in [5.74, 6) is -1.71. The number of aromatic nitrogens is 2. The van der Waals surface area contributed by atoms with Crippen LogP contribution in [0.2, 0.25) is 0 Å². The van der Waals surface area contributed by atoms with E-state index in [0.29, 0.717) is 6.54 Å². The Labute approximate surface area is 126 Å². The molecule has 1 aromatic carbocycles. The lowest BCUT2D eigenvalue weighted by Crippen LogP contribution is -2.25. The second-order valence-corrected chi connectivity index (χ2v) is 5.74. The molecule has 116 valence electrons. The quantitative estimate of drug-likeness (QED) is 0.884. The predicted octanol–water partition coefficient (Wildman–Crippen LogP) is 0.310. The Hall–Kier alpha value is -2.57. The monoisotopic (exact) mass is 303 g/mol. The van der Waals surface area contributed by atoms with Crippen molar-refractivity contribution in [3.8, 4) is 0 Å². The highest BCUT2D eigenvalue weighted by Crippen LogP contribution is 2.22. The van der Waals surface area contributed by atoms with Crippen LogP contribution >= 0.6 is 0 Å². The first-order valence-electron chi connectivity index (χ1n) is 7.03. The fraction of sp³-hybridized carbons (Fsp3) is 0.400. The number of aryl methyl sites for hydroxylation is 2. The third kappa shape index (κ3) is 2.18. The van der Waals surface area contributed by atoms with Gasteiger partial charge >= 0.3 is 11.7 Å². The number of hydrogen-bond donors (Lipinski definition) is 1. The van der Waals surface area contributed by atoms with Gasteiger partial charge in [0.05, 0.1) is 17.0 Å². The number of amides is 1. The van der Waals surface area contributed by atoms with E-state index < -0.39 is 11.9 Å². The van der Waals surface area contributed by atoms with Gasteiger partial charge in [0.15, 0.2) is 0 Å². The van der Waals surface area contributed by atoms with Crippen molar-refractivity contribution < 1.29 is 14.7 Å². The van der Waals surface area contributed by atoms with E-state index in [9.17, 15) is 14.4 Å². The summed E-state index contributed by atoms with van der Waals surface area (Å²) in [5, 5.41) is 9.01. The van der Waals surface area contributed by atoms with Crippen LogP contribution in [0, 0.1) is 5.92 Å². The van der Waals surface area contributed by atoms with E-state index in [4.69, 9.17) is 5.11 Å². The number of carbonyl (C=O) groups excluding carboxylic acids is 1. The smallest absolute Gasteiger partial charge is 0.328 e. The average Bonchev–Trinajstić information content (AvgIpc) is 2.95. The highest BCUT2D eigenvalue weighted by atomic mass is 16.4. The summed E-state index contributed by atoms with van der Waals surface area (Å²) < 4.78 is 3.13. The minimum atomic E-state index is -0.934. The van der Waals surface area contributed by atoms with Crippen molar-refractivity contribution in [1.82, 2.24) is 14.0 Å². The molecule has 1 amide bonds. The van der Waals surface area contributed by atoms with Gasteiger partial charge in [-0.15, -0.1) is 0 Å². The normalized spacial score (nSPS) is 18.4. The number of benzene rings is 1. The van der Waals surface area contributed by atoms with Gasteiger partial charge in [-0.25, -0.2) is 4.79 Å². The first-order valence-corrected chi connectivity index (χ1v) is 7.03. The Morgan fingerprint density at radius 3 is 2.55 bits per heavy atom. The van der Waals surface area contributed by atoms with E-state index in [1.165, 1.54) is 0 Å². The van der Waals surface area contributed by atoms with Gasteiger partial charge in [-0.3, -0.25) is 18.7 Å². The second kappa shape index (κ2) is 5.01. The Morgan fingerprint density at radius 1 is 1.23 bits per heavy atom. The maximum Gasteiger partial charge on any atom is 0.328 e. The molecule has 0 saturated carbocycles. The van der Waals surface area contributed by atoms with Crippen molar-refractivity contribution in [3.05, 3.63) is 34.2 Å². The topological polar surface area (TPSA) is 84.5 Å². The van der Waals surface area contributed by atoms with Crippen LogP contribution in [0.5, 0.6) is 0 Å². The number of imidazole rings is 1. The number of nitrogens with zero attached hydrogens (tertiary/aromatic N) is 3. The maximum absolute atomic E-state index is 11.9. The van der Waals surface area contributed by atoms with Gasteiger partial charge in [0.2, 0.25) is 5.91 Å². The average molecular weight is 303 g/mol. The summed E-state index contributed by atoms with van der Waals surface area (Å²) in [5.41, 5.74) is 2.40. The summed E-state index contributed by atoms with van der Waals surface area (Å²) in [4.78, 5) is 36.3. The molecular weight excluding hydrogens is 286 g/mol. The van der Waals surface area contributed by atoms with Crippen molar-refractivity contribution in [2.75, 3.05) is 6.54 Å². The highest BCUT2D eigenvalue weighted by molar-refractivity contribution is 5.86. The zero-order valence-corrected chi connectivity index (χ0v) is 12.4. The summed E-state index contributed by atoms with van der Waals surface area (Å²) in [6.45, 7) is 0.599. The van der Waals surface area contributed by atoms with E-state index in [1.54, 1.807) is 28.1 Å². The van der Waals surface area contributed by atoms with Crippen LogP contribution < -0.4 is 5.69 Å². The highest BCUT2D eigenvalue weighted by Gasteiger charge is 2.34. The summed E-state index contributed by atoms with van der Waals surface area (Å²) in [6, 6.07) is 5.59. The first kappa shape index (κ1) is 14.4. The minimum Gasteiger partial charge on any atom is -0.481 e. The Morgan fingerprint density at radius 2 is 1.91 bits per heavy atom. The molecule has 1 fully saturated rings. The van der Waals surface area contributed by atoms with E-state index in [1.807, 2.05) is 18.2 Å². The lowest BCUT2D eigenvalue weighted by Gasteiger charge is -2.16. The Kier molecular flexibility index (Phi) is 3.27. The number of carboxylic acid groups (broad SMARTS) is 1. The number of fused-ring (bicyclic) bond motifs is 1. The van der Waals surface area contributed by atoms with Crippen LogP contribution in [0.4, 0.5) is 0 Å². The van der Waals surface area contributed by atoms with Crippen molar-refractivity contribution in [2.45, 2.75) is 13.0 Å². The van der Waals surface area contributed by atoms with Crippen molar-refractivity contribution in [1.29, 1.82) is 0 Å². The summed E-state index contributed by atoms with van der Waals surface area (Å²) in [6.07, 6.45) is 0.0569. The molecule has 0 radical (unpaired) electrons. The maximum atomic E-state index is 11.9. The third-order valence-electron chi connectivity index (χ3n) is 4.27. The van der Waals surface area contributed by atoms with Gasteiger partial charge in [0, 0.05) is 33.6 Å². The summed E-state index contributed by atoms with van der Waals surface area (Å²) >= 11 is 0. The van der Waals surface area contributed by atoms with E-state index in [2.05, 4.69) is 0 Å². The van der Waals surface area contributed by atoms with E-state index in [0.717, 1.165) is 16.6 Å². The molecule has 2 aromatic rings. The second-order valence-electron chi connectivity index (χ2n) is 5.74. The number of rotatable bonds is 3. The zero-order valence-electron chi connectivity index (χ0n) is 12.4. The molecule has 1 aliphatic heterocycles. The Bertz CT molecular complexity index is 833. The number of likely N-dealkylation sites (tertiary alicyclic amines) is 1. The van der Waals surface area contributed by atoms with Gasteiger partial charge in [0.25, 0.3) is 0 Å². The minimum absolute atomic E-state index is 0.0569. The molecule has 1 aromatic heterocycles. The number of carboxylic acids is 1. The molecule has 0 spiro atoms. The standard InChI is InChI=1S/C15H17N3O4/c1-16-11-4-3-9(5-12(11)17(2)15(16)22)7-18-8-10(14(20)21)6-13(18)19/h3-5,10H,6-8H2,1-2H3,(H,20,21)/t10-/m1/s1. The van der Waals surface area contributed by atoms with Gasteiger partial charge in [-0.05, 0) is 17.7 Å². The van der Waals surface area contributed by atoms with Crippen molar-refractivity contribution in [2.24, 2.45) is 20.0 Å². The molecule has 2 heterocycles. The molecular formula is C15H17N3O4. The van der Waals surface area contributed by atoms with Gasteiger partial charge < -0.3 is 10.0 Å². The number of hydrogen-bond acceptors (Lipinski definition) is 3. The molecule has 22 heavy (non-hydrogen) atoms. The molecule has 1 saturated heterocycles. The molecule has 7 heteroatoms. The largest absolute Gasteiger partial charge is 0.481 e. The van der Waals surface area contributed by atoms with Crippen molar-refractivity contribution in [3.63, 3.8) is 0 Å². The van der Waals surface area contributed by atoms with Gasteiger partial charge in [-0.1, -0.05) is 6.07 Å². The van der Waals surface area contributed by atoms with Crippen LogP contribution in [0.3, 0.4) is 0 Å². The molecule has 1 N–H and O–H groups in total. The van der Waals surface area contributed by atoms with Crippen LogP contribution in [-0.4, -0.2) is 37.6 Å². The molecule has 3 rings (SSSR count). The van der Waals surface area contributed by atoms with E-state index >= 15 is 0 Å². The molecule has 0 aliphatic carbocycles. The molecule has 1 atom stereocenters. The molecule has 0 bridgehead atoms. The van der Waals surface area contributed by atoms with Crippen LogP contribution in [0.25, 0.3) is 11.0 Å². The van der Waals surface area contributed by atoms with Gasteiger partial charge in [-0.2, -0.15) is 0 Å². The molecule has 7 nitrogen and oxygen atoms in total. The number of carbonyl (C=O) groups is 2. The molecule has 1 aliphatic rings. The van der Waals surface area contributed by atoms with Crippen LogP contribution in [0.1, 0.15) is 12.0 Å². The lowest BCUT2D eigenvalue weighted by atomic mass is 10.1.